The SMILES string of the molecule is O=C1c2ccccc2-c2onc3c(N4CCOCC4)cc(Nc4ccc5c(c4)OCCO5)c1c23. The fourth-order valence-electron chi connectivity index (χ4n) is 4.96. The molecule has 8 heteroatoms. The molecule has 170 valence electrons. The number of hydrogen-bond acceptors (Lipinski definition) is 8. The lowest BCUT2D eigenvalue weighted by molar-refractivity contribution is 0.104. The predicted octanol–water partition coefficient (Wildman–Crippen LogP) is 4.39. The van der Waals surface area contributed by atoms with E-state index in [1.165, 1.54) is 0 Å². The zero-order chi connectivity index (χ0) is 22.6. The molecule has 0 spiro atoms. The first kappa shape index (κ1) is 19.4. The highest BCUT2D eigenvalue weighted by molar-refractivity contribution is 6.28. The second-order valence-corrected chi connectivity index (χ2v) is 8.51. The molecule has 0 atom stereocenters. The first-order chi connectivity index (χ1) is 16.8. The van der Waals surface area contributed by atoms with Crippen molar-refractivity contribution in [1.82, 2.24) is 5.16 Å². The van der Waals surface area contributed by atoms with Crippen LogP contribution < -0.4 is 19.7 Å². The van der Waals surface area contributed by atoms with E-state index in [4.69, 9.17) is 18.7 Å². The maximum absolute atomic E-state index is 13.7. The zero-order valence-electron chi connectivity index (χ0n) is 18.3. The summed E-state index contributed by atoms with van der Waals surface area (Å²) in [6, 6.07) is 15.2. The minimum absolute atomic E-state index is 0.0510. The van der Waals surface area contributed by atoms with Gasteiger partial charge in [-0.05, 0) is 18.2 Å². The molecular formula is C26H21N3O5. The summed E-state index contributed by atoms with van der Waals surface area (Å²) in [6.07, 6.45) is 0. The van der Waals surface area contributed by atoms with Crippen molar-refractivity contribution in [3.63, 3.8) is 0 Å². The number of ketones is 1. The average molecular weight is 455 g/mol. The van der Waals surface area contributed by atoms with E-state index in [0.717, 1.165) is 35.4 Å². The third kappa shape index (κ3) is 2.88. The van der Waals surface area contributed by atoms with Crippen LogP contribution in [-0.2, 0) is 4.74 Å². The van der Waals surface area contributed by atoms with Crippen LogP contribution in [0.3, 0.4) is 0 Å². The topological polar surface area (TPSA) is 86.1 Å². The minimum Gasteiger partial charge on any atom is -0.486 e. The maximum atomic E-state index is 13.7. The molecule has 7 rings (SSSR count). The van der Waals surface area contributed by atoms with E-state index in [1.807, 2.05) is 48.5 Å². The maximum Gasteiger partial charge on any atom is 0.196 e. The molecule has 0 unspecified atom stereocenters. The van der Waals surface area contributed by atoms with Crippen LogP contribution in [0.1, 0.15) is 15.9 Å². The number of aromatic nitrogens is 1. The Morgan fingerprint density at radius 2 is 1.68 bits per heavy atom. The predicted molar refractivity (Wildman–Crippen MR) is 127 cm³/mol. The summed E-state index contributed by atoms with van der Waals surface area (Å²) in [7, 11) is 0. The summed E-state index contributed by atoms with van der Waals surface area (Å²) >= 11 is 0. The van der Waals surface area contributed by atoms with Gasteiger partial charge < -0.3 is 29.0 Å². The van der Waals surface area contributed by atoms with Gasteiger partial charge in [0.1, 0.15) is 18.7 Å². The molecule has 1 aromatic heterocycles. The average Bonchev–Trinajstić information content (AvgIpc) is 3.33. The van der Waals surface area contributed by atoms with Crippen LogP contribution in [0, 0.1) is 0 Å². The third-order valence-corrected chi connectivity index (χ3v) is 6.55. The van der Waals surface area contributed by atoms with Gasteiger partial charge in [-0.25, -0.2) is 0 Å². The van der Waals surface area contributed by atoms with Crippen LogP contribution in [0.4, 0.5) is 17.1 Å². The van der Waals surface area contributed by atoms with Gasteiger partial charge in [-0.2, -0.15) is 0 Å². The van der Waals surface area contributed by atoms with Crippen molar-refractivity contribution in [2.24, 2.45) is 0 Å². The van der Waals surface area contributed by atoms with Crippen LogP contribution in [-0.4, -0.2) is 50.5 Å². The quantitative estimate of drug-likeness (QED) is 0.429. The van der Waals surface area contributed by atoms with Crippen LogP contribution in [0.5, 0.6) is 11.5 Å². The molecule has 0 amide bonds. The molecule has 3 heterocycles. The summed E-state index contributed by atoms with van der Waals surface area (Å²) < 4.78 is 22.8. The Morgan fingerprint density at radius 3 is 2.53 bits per heavy atom. The number of benzene rings is 3. The lowest BCUT2D eigenvalue weighted by atomic mass is 9.86. The lowest BCUT2D eigenvalue weighted by Gasteiger charge is -2.30. The van der Waals surface area contributed by atoms with Crippen LogP contribution in [0.25, 0.3) is 22.2 Å². The van der Waals surface area contributed by atoms with Crippen molar-refractivity contribution in [2.75, 3.05) is 49.7 Å². The number of hydrogen-bond donors (Lipinski definition) is 1. The molecule has 1 aliphatic carbocycles. The highest BCUT2D eigenvalue weighted by Crippen LogP contribution is 2.46. The van der Waals surface area contributed by atoms with E-state index in [9.17, 15) is 4.79 Å². The van der Waals surface area contributed by atoms with E-state index in [0.29, 0.717) is 66.0 Å². The number of nitrogens with zero attached hydrogens (tertiary/aromatic N) is 2. The molecule has 0 saturated carbocycles. The van der Waals surface area contributed by atoms with Crippen LogP contribution in [0.15, 0.2) is 53.1 Å². The molecule has 1 N–H and O–H groups in total. The van der Waals surface area contributed by atoms with Gasteiger partial charge in [0.05, 0.1) is 35.5 Å². The first-order valence-corrected chi connectivity index (χ1v) is 11.4. The monoisotopic (exact) mass is 455 g/mol. The summed E-state index contributed by atoms with van der Waals surface area (Å²) in [5.74, 6) is 1.97. The van der Waals surface area contributed by atoms with Gasteiger partial charge >= 0.3 is 0 Å². The van der Waals surface area contributed by atoms with E-state index in [-0.39, 0.29) is 5.78 Å². The molecule has 34 heavy (non-hydrogen) atoms. The Hall–Kier alpha value is -4.04. The van der Waals surface area contributed by atoms with Gasteiger partial charge in [0.15, 0.2) is 23.0 Å². The minimum atomic E-state index is -0.0510. The number of ether oxygens (including phenoxy) is 3. The number of carbonyl (C=O) groups excluding carboxylic acids is 1. The van der Waals surface area contributed by atoms with Gasteiger partial charge in [0, 0.05) is 36.0 Å². The summed E-state index contributed by atoms with van der Waals surface area (Å²) in [4.78, 5) is 16.0. The first-order valence-electron chi connectivity index (χ1n) is 11.4. The van der Waals surface area contributed by atoms with Crippen LogP contribution in [0.2, 0.25) is 0 Å². The molecule has 0 bridgehead atoms. The molecule has 2 aliphatic heterocycles. The van der Waals surface area contributed by atoms with Crippen molar-refractivity contribution < 1.29 is 23.5 Å². The number of morpholine rings is 1. The number of fused-ring (bicyclic) bond motifs is 3. The second-order valence-electron chi connectivity index (χ2n) is 8.51. The number of rotatable bonds is 3. The molecular weight excluding hydrogens is 434 g/mol. The smallest absolute Gasteiger partial charge is 0.196 e. The van der Waals surface area contributed by atoms with Crippen molar-refractivity contribution in [3.8, 4) is 22.8 Å². The Bertz CT molecular complexity index is 1450. The molecule has 1 fully saturated rings. The van der Waals surface area contributed by atoms with Crippen molar-refractivity contribution >= 4 is 33.7 Å². The summed E-state index contributed by atoms with van der Waals surface area (Å²) in [6.45, 7) is 3.80. The van der Waals surface area contributed by atoms with E-state index in [2.05, 4.69) is 15.4 Å². The number of anilines is 3. The number of carbonyl (C=O) groups is 1. The third-order valence-electron chi connectivity index (χ3n) is 6.55. The largest absolute Gasteiger partial charge is 0.486 e. The fourth-order valence-corrected chi connectivity index (χ4v) is 4.96. The van der Waals surface area contributed by atoms with Gasteiger partial charge in [0.25, 0.3) is 0 Å². The standard InChI is InChI=1S/C26H21N3O5/c30-25-16-3-1-2-4-17(16)26-23-22(25)18(27-15-5-6-20-21(13-15)33-12-11-32-20)14-19(24(23)28-34-26)29-7-9-31-10-8-29/h1-6,13-14,27H,7-12H2. The second kappa shape index (κ2) is 7.50. The molecule has 8 nitrogen and oxygen atoms in total. The van der Waals surface area contributed by atoms with Gasteiger partial charge in [-0.15, -0.1) is 0 Å². The highest BCUT2D eigenvalue weighted by atomic mass is 16.6. The zero-order valence-corrected chi connectivity index (χ0v) is 18.3. The Balaban J connectivity index is 1.43. The van der Waals surface area contributed by atoms with Crippen molar-refractivity contribution in [3.05, 3.63) is 59.7 Å². The van der Waals surface area contributed by atoms with Crippen molar-refractivity contribution in [1.29, 1.82) is 0 Å². The summed E-state index contributed by atoms with van der Waals surface area (Å²) in [5, 5.41) is 8.65. The normalized spacial score (nSPS) is 16.5. The Kier molecular flexibility index (Phi) is 4.28. The number of nitrogens with one attached hydrogen (secondary N) is 1. The van der Waals surface area contributed by atoms with E-state index < -0.39 is 0 Å². The van der Waals surface area contributed by atoms with Crippen LogP contribution >= 0.6 is 0 Å². The van der Waals surface area contributed by atoms with E-state index >= 15 is 0 Å². The molecule has 3 aliphatic rings. The Morgan fingerprint density at radius 1 is 0.882 bits per heavy atom. The van der Waals surface area contributed by atoms with Crippen molar-refractivity contribution in [2.45, 2.75) is 0 Å². The molecule has 0 radical (unpaired) electrons. The van der Waals surface area contributed by atoms with Gasteiger partial charge in [0.2, 0.25) is 0 Å². The Labute approximate surface area is 195 Å². The lowest BCUT2D eigenvalue weighted by Crippen LogP contribution is -2.36. The van der Waals surface area contributed by atoms with Gasteiger partial charge in [-0.1, -0.05) is 29.4 Å². The highest BCUT2D eigenvalue weighted by Gasteiger charge is 2.34. The summed E-state index contributed by atoms with van der Waals surface area (Å²) in [5.41, 5.74) is 5.07. The van der Waals surface area contributed by atoms with Gasteiger partial charge in [-0.3, -0.25) is 4.79 Å². The molecule has 1 saturated heterocycles. The molecule has 3 aromatic carbocycles. The van der Waals surface area contributed by atoms with E-state index in [1.54, 1.807) is 0 Å². The molecule has 4 aromatic rings. The fraction of sp³-hybridized carbons (Fsp3) is 0.231.